The van der Waals surface area contributed by atoms with Crippen molar-refractivity contribution in [3.8, 4) is 5.75 Å². The summed E-state index contributed by atoms with van der Waals surface area (Å²) in [6.45, 7) is 3.21. The van der Waals surface area contributed by atoms with Crippen LogP contribution in [0.15, 0.2) is 48.5 Å². The molecule has 2 aromatic carbocycles. The second-order valence-electron chi connectivity index (χ2n) is 6.05. The first-order valence-electron chi connectivity index (χ1n) is 8.56. The van der Waals surface area contributed by atoms with Crippen molar-refractivity contribution < 1.29 is 9.53 Å². The quantitative estimate of drug-likeness (QED) is 0.618. The topological polar surface area (TPSA) is 56.2 Å². The molecule has 1 heterocycles. The monoisotopic (exact) mass is 369 g/mol. The molecule has 0 saturated heterocycles. The third-order valence-electron chi connectivity index (χ3n) is 4.02. The third-order valence-corrected chi connectivity index (χ3v) is 4.57. The second kappa shape index (κ2) is 8.76. The van der Waals surface area contributed by atoms with E-state index in [1.165, 1.54) is 5.56 Å². The number of nitrogens with zero attached hydrogens (tertiary/aromatic N) is 2. The zero-order chi connectivity index (χ0) is 18.4. The maximum Gasteiger partial charge on any atom is 0.240 e. The highest BCUT2D eigenvalue weighted by Crippen LogP contribution is 2.18. The Labute approximate surface area is 157 Å². The highest BCUT2D eigenvalue weighted by molar-refractivity contribution is 7.97. The van der Waals surface area contributed by atoms with Crippen molar-refractivity contribution in [3.63, 3.8) is 0 Å². The molecule has 5 nitrogen and oxygen atoms in total. The summed E-state index contributed by atoms with van der Waals surface area (Å²) in [6, 6.07) is 15.8. The number of aryl methyl sites for hydroxylation is 1. The molecule has 0 fully saturated rings. The number of ether oxygens (including phenoxy) is 1. The molecule has 1 amide bonds. The lowest BCUT2D eigenvalue weighted by atomic mass is 10.2. The summed E-state index contributed by atoms with van der Waals surface area (Å²) in [4.78, 5) is 17.0. The number of nitrogens with one attached hydrogen (secondary N) is 1. The molecule has 0 unspecified atom stereocenters. The largest absolute Gasteiger partial charge is 0.492 e. The predicted octanol–water partition coefficient (Wildman–Crippen LogP) is 3.40. The second-order valence-corrected chi connectivity index (χ2v) is 6.91. The average Bonchev–Trinajstić information content (AvgIpc) is 2.98. The summed E-state index contributed by atoms with van der Waals surface area (Å²) in [5.41, 5.74) is 3.11. The van der Waals surface area contributed by atoms with E-state index in [-0.39, 0.29) is 12.5 Å². The molecule has 26 heavy (non-hydrogen) atoms. The van der Waals surface area contributed by atoms with Gasteiger partial charge < -0.3 is 14.6 Å². The highest BCUT2D eigenvalue weighted by atomic mass is 32.2. The molecule has 0 radical (unpaired) electrons. The van der Waals surface area contributed by atoms with Gasteiger partial charge in [0.15, 0.2) is 0 Å². The van der Waals surface area contributed by atoms with Crippen LogP contribution in [-0.4, -0.2) is 34.9 Å². The summed E-state index contributed by atoms with van der Waals surface area (Å²) in [6.07, 6.45) is 2.03. The smallest absolute Gasteiger partial charge is 0.240 e. The number of aromatic nitrogens is 2. The average molecular weight is 369 g/mol. The fraction of sp³-hybridized carbons (Fsp3) is 0.300. The number of benzene rings is 2. The zero-order valence-electron chi connectivity index (χ0n) is 15.1. The third kappa shape index (κ3) is 4.58. The van der Waals surface area contributed by atoms with Gasteiger partial charge in [-0.1, -0.05) is 29.8 Å². The van der Waals surface area contributed by atoms with Gasteiger partial charge in [0.25, 0.3) is 0 Å². The summed E-state index contributed by atoms with van der Waals surface area (Å²) >= 11 is 1.70. The molecule has 0 bridgehead atoms. The molecule has 1 aromatic heterocycles. The predicted molar refractivity (Wildman–Crippen MR) is 107 cm³/mol. The fourth-order valence-corrected chi connectivity index (χ4v) is 3.21. The van der Waals surface area contributed by atoms with Crippen molar-refractivity contribution in [3.05, 3.63) is 59.9 Å². The van der Waals surface area contributed by atoms with E-state index in [0.29, 0.717) is 13.2 Å². The number of hydrogen-bond acceptors (Lipinski definition) is 4. The van der Waals surface area contributed by atoms with Crippen LogP contribution < -0.4 is 10.1 Å². The first-order valence-corrected chi connectivity index (χ1v) is 9.96. The molecule has 0 atom stereocenters. The number of carbonyl (C=O) groups is 1. The molecule has 1 N–H and O–H groups in total. The van der Waals surface area contributed by atoms with Gasteiger partial charge in [-0.3, -0.25) is 4.79 Å². The standard InChI is InChI=1S/C20H23N3O2S/c1-15-7-9-16(10-8-15)25-12-11-21-20(24)13-23-18-6-4-3-5-17(18)22-19(23)14-26-2/h3-10H,11-14H2,1-2H3,(H,21,24). The summed E-state index contributed by atoms with van der Waals surface area (Å²) in [5, 5.41) is 2.92. The molecular formula is C20H23N3O2S. The number of hydrogen-bond donors (Lipinski definition) is 1. The highest BCUT2D eigenvalue weighted by Gasteiger charge is 2.12. The maximum atomic E-state index is 12.3. The van der Waals surface area contributed by atoms with Gasteiger partial charge in [-0.2, -0.15) is 11.8 Å². The molecular weight excluding hydrogens is 346 g/mol. The Balaban J connectivity index is 1.55. The van der Waals surface area contributed by atoms with Gasteiger partial charge in [-0.25, -0.2) is 4.98 Å². The van der Waals surface area contributed by atoms with Gasteiger partial charge in [-0.15, -0.1) is 0 Å². The van der Waals surface area contributed by atoms with Crippen molar-refractivity contribution in [1.82, 2.24) is 14.9 Å². The van der Waals surface area contributed by atoms with Gasteiger partial charge in [0.1, 0.15) is 24.7 Å². The molecule has 136 valence electrons. The van der Waals surface area contributed by atoms with E-state index in [2.05, 4.69) is 10.3 Å². The number of para-hydroxylation sites is 2. The van der Waals surface area contributed by atoms with Crippen LogP contribution in [0.4, 0.5) is 0 Å². The number of fused-ring (bicyclic) bond motifs is 1. The Morgan fingerprint density at radius 2 is 1.96 bits per heavy atom. The minimum Gasteiger partial charge on any atom is -0.492 e. The van der Waals surface area contributed by atoms with E-state index < -0.39 is 0 Å². The number of carbonyl (C=O) groups excluding carboxylic acids is 1. The molecule has 6 heteroatoms. The van der Waals surface area contributed by atoms with Crippen LogP contribution in [0.2, 0.25) is 0 Å². The number of amides is 1. The zero-order valence-corrected chi connectivity index (χ0v) is 15.9. The van der Waals surface area contributed by atoms with Crippen LogP contribution in [0.1, 0.15) is 11.4 Å². The Hall–Kier alpha value is -2.47. The van der Waals surface area contributed by atoms with Crippen molar-refractivity contribution >= 4 is 28.7 Å². The Morgan fingerprint density at radius 3 is 2.73 bits per heavy atom. The minimum atomic E-state index is -0.0389. The van der Waals surface area contributed by atoms with E-state index in [9.17, 15) is 4.79 Å². The van der Waals surface area contributed by atoms with Crippen LogP contribution in [-0.2, 0) is 17.1 Å². The van der Waals surface area contributed by atoms with Crippen molar-refractivity contribution in [1.29, 1.82) is 0 Å². The fourth-order valence-electron chi connectivity index (χ4n) is 2.73. The lowest BCUT2D eigenvalue weighted by Crippen LogP contribution is -2.31. The Morgan fingerprint density at radius 1 is 1.19 bits per heavy atom. The van der Waals surface area contributed by atoms with Crippen LogP contribution in [0.25, 0.3) is 11.0 Å². The molecule has 3 aromatic rings. The van der Waals surface area contributed by atoms with Crippen LogP contribution in [0.5, 0.6) is 5.75 Å². The summed E-state index contributed by atoms with van der Waals surface area (Å²) < 4.78 is 7.63. The van der Waals surface area contributed by atoms with Crippen molar-refractivity contribution in [2.24, 2.45) is 0 Å². The molecule has 0 spiro atoms. The first kappa shape index (κ1) is 18.3. The van der Waals surface area contributed by atoms with E-state index in [4.69, 9.17) is 4.74 Å². The number of thioether (sulfide) groups is 1. The first-order chi connectivity index (χ1) is 12.7. The number of rotatable bonds is 8. The molecule has 0 aliphatic carbocycles. The number of imidazole rings is 1. The van der Waals surface area contributed by atoms with Gasteiger partial charge >= 0.3 is 0 Å². The van der Waals surface area contributed by atoms with Crippen LogP contribution in [0.3, 0.4) is 0 Å². The Kier molecular flexibility index (Phi) is 6.17. The molecule has 0 saturated carbocycles. The van der Waals surface area contributed by atoms with E-state index >= 15 is 0 Å². The lowest BCUT2D eigenvalue weighted by Gasteiger charge is -2.10. The molecule has 0 aliphatic heterocycles. The van der Waals surface area contributed by atoms with Gasteiger partial charge in [0.2, 0.25) is 5.91 Å². The normalized spacial score (nSPS) is 10.8. The van der Waals surface area contributed by atoms with Crippen molar-refractivity contribution in [2.45, 2.75) is 19.2 Å². The molecule has 0 aliphatic rings. The van der Waals surface area contributed by atoms with E-state index in [1.54, 1.807) is 11.8 Å². The van der Waals surface area contributed by atoms with Crippen molar-refractivity contribution in [2.75, 3.05) is 19.4 Å². The summed E-state index contributed by atoms with van der Waals surface area (Å²) in [7, 11) is 0. The lowest BCUT2D eigenvalue weighted by molar-refractivity contribution is -0.121. The maximum absolute atomic E-state index is 12.3. The van der Waals surface area contributed by atoms with Crippen LogP contribution in [0, 0.1) is 6.92 Å². The van der Waals surface area contributed by atoms with E-state index in [1.807, 2.05) is 66.3 Å². The van der Waals surface area contributed by atoms with E-state index in [0.717, 1.165) is 28.4 Å². The van der Waals surface area contributed by atoms with Gasteiger partial charge in [-0.05, 0) is 37.4 Å². The minimum absolute atomic E-state index is 0.0389. The summed E-state index contributed by atoms with van der Waals surface area (Å²) in [5.74, 6) is 2.47. The Bertz CT molecular complexity index is 874. The molecule has 3 rings (SSSR count). The van der Waals surface area contributed by atoms with Crippen LogP contribution >= 0.6 is 11.8 Å². The SMILES string of the molecule is CSCc1nc2ccccc2n1CC(=O)NCCOc1ccc(C)cc1. The van der Waals surface area contributed by atoms with Gasteiger partial charge in [0.05, 0.1) is 23.3 Å². The van der Waals surface area contributed by atoms with Gasteiger partial charge in [0, 0.05) is 0 Å².